The predicted molar refractivity (Wildman–Crippen MR) is 65.1 cm³/mol. The van der Waals surface area contributed by atoms with Gasteiger partial charge in [-0.15, -0.1) is 4.98 Å². The third-order valence-corrected chi connectivity index (χ3v) is 2.13. The fourth-order valence-electron chi connectivity index (χ4n) is 1.25. The lowest BCUT2D eigenvalue weighted by molar-refractivity contribution is 0.102. The van der Waals surface area contributed by atoms with Gasteiger partial charge in [-0.3, -0.25) is 15.1 Å². The van der Waals surface area contributed by atoms with Crippen LogP contribution < -0.4 is 14.8 Å². The zero-order chi connectivity index (χ0) is 13.7. The molecule has 98 valence electrons. The number of ether oxygens (including phenoxy) is 2. The standard InChI is InChI=1S/C11H11N5O3/c1-18-10-14-9(15-11(16-10)19-2)13-8(17)7-3-5-12-6-4-7/h3-6H,1-2H3,(H,13,14,15,16,17). The minimum Gasteiger partial charge on any atom is -0.467 e. The molecule has 19 heavy (non-hydrogen) atoms. The molecule has 1 N–H and O–H groups in total. The fraction of sp³-hybridized carbons (Fsp3) is 0.182. The summed E-state index contributed by atoms with van der Waals surface area (Å²) in [6, 6.07) is 3.25. The first kappa shape index (κ1) is 12.7. The summed E-state index contributed by atoms with van der Waals surface area (Å²) in [7, 11) is 2.81. The lowest BCUT2D eigenvalue weighted by Crippen LogP contribution is -2.15. The molecular weight excluding hydrogens is 250 g/mol. The molecule has 1 amide bonds. The van der Waals surface area contributed by atoms with Gasteiger partial charge in [0.05, 0.1) is 14.2 Å². The third-order valence-electron chi connectivity index (χ3n) is 2.13. The number of anilines is 1. The van der Waals surface area contributed by atoms with Crippen LogP contribution in [0.25, 0.3) is 0 Å². The van der Waals surface area contributed by atoms with E-state index >= 15 is 0 Å². The van der Waals surface area contributed by atoms with Crippen molar-refractivity contribution in [1.29, 1.82) is 0 Å². The number of methoxy groups -OCH3 is 2. The highest BCUT2D eigenvalue weighted by molar-refractivity contribution is 6.03. The van der Waals surface area contributed by atoms with E-state index in [1.807, 2.05) is 0 Å². The second-order valence-electron chi connectivity index (χ2n) is 3.32. The summed E-state index contributed by atoms with van der Waals surface area (Å²) in [6.45, 7) is 0. The quantitative estimate of drug-likeness (QED) is 0.857. The summed E-state index contributed by atoms with van der Waals surface area (Å²) in [4.78, 5) is 27.3. The molecule has 0 aliphatic rings. The summed E-state index contributed by atoms with van der Waals surface area (Å²) in [5.41, 5.74) is 0.438. The highest BCUT2D eigenvalue weighted by Gasteiger charge is 2.11. The normalized spacial score (nSPS) is 9.79. The highest BCUT2D eigenvalue weighted by atomic mass is 16.5. The van der Waals surface area contributed by atoms with Gasteiger partial charge >= 0.3 is 12.0 Å². The van der Waals surface area contributed by atoms with Crippen LogP contribution in [0.1, 0.15) is 10.4 Å². The lowest BCUT2D eigenvalue weighted by Gasteiger charge is -2.06. The van der Waals surface area contributed by atoms with Gasteiger partial charge in [-0.2, -0.15) is 9.97 Å². The number of aromatic nitrogens is 4. The molecule has 0 aromatic carbocycles. The minimum absolute atomic E-state index is 0.0468. The van der Waals surface area contributed by atoms with Gasteiger partial charge in [0.15, 0.2) is 0 Å². The molecule has 2 rings (SSSR count). The Bertz CT molecular complexity index is 554. The van der Waals surface area contributed by atoms with E-state index in [0.717, 1.165) is 0 Å². The van der Waals surface area contributed by atoms with Gasteiger partial charge < -0.3 is 9.47 Å². The molecule has 2 aromatic heterocycles. The molecule has 0 spiro atoms. The maximum absolute atomic E-state index is 11.9. The second-order valence-corrected chi connectivity index (χ2v) is 3.32. The van der Waals surface area contributed by atoms with Gasteiger partial charge in [0, 0.05) is 18.0 Å². The molecule has 0 aliphatic carbocycles. The smallest absolute Gasteiger partial charge is 0.324 e. The molecule has 0 atom stereocenters. The van der Waals surface area contributed by atoms with E-state index < -0.39 is 0 Å². The number of carbonyl (C=O) groups is 1. The zero-order valence-corrected chi connectivity index (χ0v) is 10.3. The average molecular weight is 261 g/mol. The summed E-state index contributed by atoms with van der Waals surface area (Å²) < 4.78 is 9.76. The van der Waals surface area contributed by atoms with Crippen molar-refractivity contribution in [2.24, 2.45) is 0 Å². The van der Waals surface area contributed by atoms with Crippen LogP contribution in [-0.2, 0) is 0 Å². The summed E-state index contributed by atoms with van der Waals surface area (Å²) in [6.07, 6.45) is 3.03. The Labute approximate surface area is 108 Å². The number of carbonyl (C=O) groups excluding carboxylic acids is 1. The molecule has 2 aromatic rings. The van der Waals surface area contributed by atoms with E-state index in [1.54, 1.807) is 12.1 Å². The lowest BCUT2D eigenvalue weighted by atomic mass is 10.2. The Kier molecular flexibility index (Phi) is 3.81. The maximum Gasteiger partial charge on any atom is 0.324 e. The van der Waals surface area contributed by atoms with Crippen molar-refractivity contribution in [3.63, 3.8) is 0 Å². The molecule has 0 aliphatic heterocycles. The van der Waals surface area contributed by atoms with Gasteiger partial charge in [0.1, 0.15) is 0 Å². The summed E-state index contributed by atoms with van der Waals surface area (Å²) >= 11 is 0. The van der Waals surface area contributed by atoms with E-state index in [4.69, 9.17) is 9.47 Å². The molecule has 2 heterocycles. The number of nitrogens with zero attached hydrogens (tertiary/aromatic N) is 4. The van der Waals surface area contributed by atoms with Crippen molar-refractivity contribution < 1.29 is 14.3 Å². The Morgan fingerprint density at radius 2 is 1.63 bits per heavy atom. The third kappa shape index (κ3) is 3.12. The Morgan fingerprint density at radius 1 is 1.05 bits per heavy atom. The van der Waals surface area contributed by atoms with Crippen molar-refractivity contribution in [2.45, 2.75) is 0 Å². The van der Waals surface area contributed by atoms with E-state index in [-0.39, 0.29) is 23.9 Å². The van der Waals surface area contributed by atoms with Crippen molar-refractivity contribution in [3.8, 4) is 12.0 Å². The number of nitrogens with one attached hydrogen (secondary N) is 1. The summed E-state index contributed by atoms with van der Waals surface area (Å²) in [5, 5.41) is 2.52. The Balaban J connectivity index is 2.21. The number of rotatable bonds is 4. The molecule has 0 saturated heterocycles. The first-order valence-corrected chi connectivity index (χ1v) is 5.28. The van der Waals surface area contributed by atoms with Crippen LogP contribution in [0.15, 0.2) is 24.5 Å². The average Bonchev–Trinajstić information content (AvgIpc) is 2.47. The maximum atomic E-state index is 11.9. The molecule has 8 nitrogen and oxygen atoms in total. The van der Waals surface area contributed by atoms with Crippen LogP contribution in [0.4, 0.5) is 5.95 Å². The van der Waals surface area contributed by atoms with E-state index in [1.165, 1.54) is 26.6 Å². The van der Waals surface area contributed by atoms with Crippen LogP contribution in [0, 0.1) is 0 Å². The van der Waals surface area contributed by atoms with Gasteiger partial charge in [0.2, 0.25) is 5.95 Å². The highest BCUT2D eigenvalue weighted by Crippen LogP contribution is 2.12. The first-order valence-electron chi connectivity index (χ1n) is 5.28. The minimum atomic E-state index is -0.363. The second kappa shape index (κ2) is 5.71. The van der Waals surface area contributed by atoms with Gasteiger partial charge in [-0.05, 0) is 12.1 Å². The molecular formula is C11H11N5O3. The van der Waals surface area contributed by atoms with Crippen LogP contribution in [0.5, 0.6) is 12.0 Å². The van der Waals surface area contributed by atoms with Crippen LogP contribution in [0.3, 0.4) is 0 Å². The molecule has 0 saturated carbocycles. The van der Waals surface area contributed by atoms with Crippen molar-refractivity contribution in [2.75, 3.05) is 19.5 Å². The Hall–Kier alpha value is -2.77. The summed E-state index contributed by atoms with van der Waals surface area (Å²) in [5.74, 6) is -0.316. The molecule has 0 bridgehead atoms. The first-order chi connectivity index (χ1) is 9.22. The van der Waals surface area contributed by atoms with Gasteiger partial charge in [-0.25, -0.2) is 0 Å². The van der Waals surface area contributed by atoms with E-state index in [9.17, 15) is 4.79 Å². The number of pyridine rings is 1. The number of hydrogen-bond acceptors (Lipinski definition) is 7. The van der Waals surface area contributed by atoms with E-state index in [0.29, 0.717) is 5.56 Å². The largest absolute Gasteiger partial charge is 0.467 e. The molecule has 8 heteroatoms. The Morgan fingerprint density at radius 3 is 2.16 bits per heavy atom. The van der Waals surface area contributed by atoms with Gasteiger partial charge in [-0.1, -0.05) is 0 Å². The number of amides is 1. The van der Waals surface area contributed by atoms with Crippen molar-refractivity contribution >= 4 is 11.9 Å². The van der Waals surface area contributed by atoms with E-state index in [2.05, 4.69) is 25.3 Å². The number of hydrogen-bond donors (Lipinski definition) is 1. The monoisotopic (exact) mass is 261 g/mol. The van der Waals surface area contributed by atoms with Crippen molar-refractivity contribution in [3.05, 3.63) is 30.1 Å². The van der Waals surface area contributed by atoms with Crippen LogP contribution in [-0.4, -0.2) is 40.1 Å². The predicted octanol–water partition coefficient (Wildman–Crippen LogP) is 0.536. The zero-order valence-electron chi connectivity index (χ0n) is 10.3. The van der Waals surface area contributed by atoms with Crippen molar-refractivity contribution in [1.82, 2.24) is 19.9 Å². The fourth-order valence-corrected chi connectivity index (χ4v) is 1.25. The van der Waals surface area contributed by atoms with Crippen LogP contribution in [0.2, 0.25) is 0 Å². The molecule has 0 fully saturated rings. The van der Waals surface area contributed by atoms with Crippen LogP contribution >= 0.6 is 0 Å². The topological polar surface area (TPSA) is 99.1 Å². The SMILES string of the molecule is COc1nc(NC(=O)c2ccncc2)nc(OC)n1. The molecule has 0 radical (unpaired) electrons. The molecule has 0 unspecified atom stereocenters. The van der Waals surface area contributed by atoms with Gasteiger partial charge in [0.25, 0.3) is 5.91 Å².